The molecule has 1 saturated heterocycles. The number of hydrogen-bond donors (Lipinski definition) is 1. The number of likely N-dealkylation sites (N-methyl/N-ethyl adjacent to an activating group) is 1. The maximum Gasteiger partial charge on any atom is 0.255 e. The molecule has 10 nitrogen and oxygen atoms in total. The van der Waals surface area contributed by atoms with Crippen LogP contribution in [0, 0.1) is 12.7 Å². The van der Waals surface area contributed by atoms with E-state index in [9.17, 15) is 9.18 Å². The summed E-state index contributed by atoms with van der Waals surface area (Å²) in [7, 11) is 2.13. The highest BCUT2D eigenvalue weighted by Gasteiger charge is 2.18. The number of halogens is 2. The Morgan fingerprint density at radius 3 is 2.71 bits per heavy atom. The van der Waals surface area contributed by atoms with Gasteiger partial charge in [-0.25, -0.2) is 13.9 Å². The van der Waals surface area contributed by atoms with E-state index in [0.29, 0.717) is 23.4 Å². The van der Waals surface area contributed by atoms with Gasteiger partial charge < -0.3 is 19.7 Å². The summed E-state index contributed by atoms with van der Waals surface area (Å²) in [5.74, 6) is -0.300. The molecule has 1 aromatic carbocycles. The minimum absolute atomic E-state index is 0.0475. The Balaban J connectivity index is 1.27. The van der Waals surface area contributed by atoms with Crippen LogP contribution in [0.5, 0.6) is 17.4 Å². The van der Waals surface area contributed by atoms with Gasteiger partial charge in [-0.1, -0.05) is 11.6 Å². The first kappa shape index (κ1) is 25.8. The summed E-state index contributed by atoms with van der Waals surface area (Å²) in [5.41, 5.74) is 1.93. The summed E-state index contributed by atoms with van der Waals surface area (Å²) in [6.07, 6.45) is 4.52. The van der Waals surface area contributed by atoms with Gasteiger partial charge in [-0.05, 0) is 38.2 Å². The number of carbonyl (C=O) groups is 1. The van der Waals surface area contributed by atoms with Crippen LogP contribution in [0.25, 0.3) is 5.52 Å². The van der Waals surface area contributed by atoms with Gasteiger partial charge in [0.2, 0.25) is 5.88 Å². The fourth-order valence-electron chi connectivity index (χ4n) is 4.19. The highest BCUT2D eigenvalue weighted by atomic mass is 35.5. The fourth-order valence-corrected chi connectivity index (χ4v) is 4.37. The quantitative estimate of drug-likeness (QED) is 0.337. The number of ether oxygens (including phenoxy) is 2. The van der Waals surface area contributed by atoms with Crippen LogP contribution in [0.1, 0.15) is 15.9 Å². The van der Waals surface area contributed by atoms with E-state index >= 15 is 0 Å². The van der Waals surface area contributed by atoms with Gasteiger partial charge in [-0.3, -0.25) is 9.69 Å². The van der Waals surface area contributed by atoms with Crippen LogP contribution in [0.15, 0.2) is 49.1 Å². The molecule has 198 valence electrons. The van der Waals surface area contributed by atoms with E-state index < -0.39 is 11.7 Å². The van der Waals surface area contributed by atoms with E-state index in [1.165, 1.54) is 42.9 Å². The van der Waals surface area contributed by atoms with E-state index in [0.717, 1.165) is 38.3 Å². The fraction of sp³-hybridized carbons (Fsp3) is 0.308. The number of fused-ring (bicyclic) bond motifs is 1. The van der Waals surface area contributed by atoms with Crippen molar-refractivity contribution in [3.8, 4) is 17.4 Å². The Morgan fingerprint density at radius 1 is 1.13 bits per heavy atom. The molecule has 5 rings (SSSR count). The summed E-state index contributed by atoms with van der Waals surface area (Å²) in [4.78, 5) is 25.2. The first-order chi connectivity index (χ1) is 18.4. The molecule has 0 bridgehead atoms. The maximum atomic E-state index is 14.9. The van der Waals surface area contributed by atoms with Crippen molar-refractivity contribution >= 4 is 28.7 Å². The van der Waals surface area contributed by atoms with Crippen molar-refractivity contribution in [2.24, 2.45) is 0 Å². The van der Waals surface area contributed by atoms with Crippen molar-refractivity contribution in [2.45, 2.75) is 6.92 Å². The zero-order valence-corrected chi connectivity index (χ0v) is 21.8. The highest BCUT2D eigenvalue weighted by Crippen LogP contribution is 2.33. The molecule has 38 heavy (non-hydrogen) atoms. The molecule has 0 aliphatic carbocycles. The normalized spacial score (nSPS) is 14.5. The standard InChI is InChI=1S/C26H27ClFN7O3/c1-17-22(37-12-11-34-9-7-33(2)8-10-34)15-35-24(17)26(30-16-31-35)38-21-4-3-19(14-20(21)28)32-25(36)18-5-6-29-23(27)13-18/h3-6,13-16H,7-12H2,1-2H3,(H,32,36). The third-order valence-electron chi connectivity index (χ3n) is 6.39. The van der Waals surface area contributed by atoms with Crippen LogP contribution >= 0.6 is 11.6 Å². The van der Waals surface area contributed by atoms with Crippen molar-refractivity contribution in [1.82, 2.24) is 29.4 Å². The van der Waals surface area contributed by atoms with Crippen molar-refractivity contribution in [3.05, 3.63) is 71.2 Å². The third kappa shape index (κ3) is 5.85. The molecule has 1 amide bonds. The predicted molar refractivity (Wildman–Crippen MR) is 141 cm³/mol. The highest BCUT2D eigenvalue weighted by molar-refractivity contribution is 6.29. The van der Waals surface area contributed by atoms with E-state index in [2.05, 4.69) is 37.2 Å². The topological polar surface area (TPSA) is 97.1 Å². The number of nitrogens with zero attached hydrogens (tertiary/aromatic N) is 6. The molecule has 1 N–H and O–H groups in total. The molecule has 0 spiro atoms. The smallest absolute Gasteiger partial charge is 0.255 e. The number of amides is 1. The number of pyridine rings is 1. The molecule has 0 radical (unpaired) electrons. The lowest BCUT2D eigenvalue weighted by Gasteiger charge is -2.32. The summed E-state index contributed by atoms with van der Waals surface area (Å²) in [6, 6.07) is 7.07. The van der Waals surface area contributed by atoms with Crippen molar-refractivity contribution in [1.29, 1.82) is 0 Å². The second-order valence-corrected chi connectivity index (χ2v) is 9.43. The number of nitrogens with one attached hydrogen (secondary N) is 1. The number of aromatic nitrogens is 4. The largest absolute Gasteiger partial charge is 0.490 e. The monoisotopic (exact) mass is 539 g/mol. The van der Waals surface area contributed by atoms with Gasteiger partial charge in [0.25, 0.3) is 5.91 Å². The number of carbonyl (C=O) groups excluding carboxylic acids is 1. The number of rotatable bonds is 8. The van der Waals surface area contributed by atoms with E-state index in [1.54, 1.807) is 10.7 Å². The van der Waals surface area contributed by atoms with Crippen molar-refractivity contribution in [3.63, 3.8) is 0 Å². The molecule has 4 heterocycles. The molecule has 12 heteroatoms. The van der Waals surface area contributed by atoms with Gasteiger partial charge in [0, 0.05) is 61.8 Å². The van der Waals surface area contributed by atoms with Crippen LogP contribution in [0.3, 0.4) is 0 Å². The first-order valence-corrected chi connectivity index (χ1v) is 12.5. The number of benzene rings is 1. The molecule has 4 aromatic rings. The Morgan fingerprint density at radius 2 is 1.95 bits per heavy atom. The van der Waals surface area contributed by atoms with Crippen LogP contribution in [-0.4, -0.2) is 81.7 Å². The van der Waals surface area contributed by atoms with E-state index in [1.807, 2.05) is 6.92 Å². The first-order valence-electron chi connectivity index (χ1n) is 12.1. The van der Waals surface area contributed by atoms with Gasteiger partial charge in [0.05, 0.1) is 6.20 Å². The lowest BCUT2D eigenvalue weighted by Crippen LogP contribution is -2.45. The minimum Gasteiger partial charge on any atom is -0.490 e. The number of anilines is 1. The van der Waals surface area contributed by atoms with Crippen molar-refractivity contribution in [2.75, 3.05) is 51.7 Å². The Bertz CT molecular complexity index is 1460. The van der Waals surface area contributed by atoms with Gasteiger partial charge in [-0.2, -0.15) is 10.1 Å². The predicted octanol–water partition coefficient (Wildman–Crippen LogP) is 3.90. The number of piperazine rings is 1. The number of aryl methyl sites for hydroxylation is 1. The lowest BCUT2D eigenvalue weighted by atomic mass is 10.2. The van der Waals surface area contributed by atoms with Crippen LogP contribution in [-0.2, 0) is 0 Å². The molecule has 1 aliphatic rings. The van der Waals surface area contributed by atoms with Gasteiger partial charge in [-0.15, -0.1) is 0 Å². The molecule has 3 aromatic heterocycles. The zero-order valence-electron chi connectivity index (χ0n) is 21.0. The molecular weight excluding hydrogens is 513 g/mol. The van der Waals surface area contributed by atoms with Gasteiger partial charge in [0.1, 0.15) is 29.4 Å². The summed E-state index contributed by atoms with van der Waals surface area (Å²) < 4.78 is 28.4. The molecule has 1 aliphatic heterocycles. The summed E-state index contributed by atoms with van der Waals surface area (Å²) in [5, 5.41) is 7.07. The minimum atomic E-state index is -0.666. The second-order valence-electron chi connectivity index (χ2n) is 9.04. The Hall–Kier alpha value is -3.80. The zero-order chi connectivity index (χ0) is 26.6. The maximum absolute atomic E-state index is 14.9. The van der Waals surface area contributed by atoms with Crippen LogP contribution < -0.4 is 14.8 Å². The van der Waals surface area contributed by atoms with E-state index in [-0.39, 0.29) is 22.5 Å². The number of hydrogen-bond acceptors (Lipinski definition) is 8. The molecule has 0 saturated carbocycles. The molecule has 0 atom stereocenters. The Kier molecular flexibility index (Phi) is 7.68. The van der Waals surface area contributed by atoms with Crippen LogP contribution in [0.4, 0.5) is 10.1 Å². The SMILES string of the molecule is Cc1c(OCCN2CCN(C)CC2)cn2ncnc(Oc3ccc(NC(=O)c4ccnc(Cl)c4)cc3F)c12. The van der Waals surface area contributed by atoms with Crippen LogP contribution in [0.2, 0.25) is 5.15 Å². The van der Waals surface area contributed by atoms with Gasteiger partial charge in [0.15, 0.2) is 11.6 Å². The van der Waals surface area contributed by atoms with E-state index in [4.69, 9.17) is 21.1 Å². The average molecular weight is 540 g/mol. The second kappa shape index (κ2) is 11.3. The Labute approximate surface area is 223 Å². The summed E-state index contributed by atoms with van der Waals surface area (Å²) in [6.45, 7) is 7.40. The third-order valence-corrected chi connectivity index (χ3v) is 6.60. The average Bonchev–Trinajstić information content (AvgIpc) is 3.23. The van der Waals surface area contributed by atoms with Gasteiger partial charge >= 0.3 is 0 Å². The molecular formula is C26H27ClFN7O3. The molecule has 0 unspecified atom stereocenters. The molecule has 1 fully saturated rings. The summed E-state index contributed by atoms with van der Waals surface area (Å²) >= 11 is 5.84. The lowest BCUT2D eigenvalue weighted by molar-refractivity contribution is 0.102. The van der Waals surface area contributed by atoms with Crippen molar-refractivity contribution < 1.29 is 18.7 Å².